The number of nitrogens with zero attached hydrogens (tertiary/aromatic N) is 8. The smallest absolute Gasteiger partial charge is 0.872 e. The van der Waals surface area contributed by atoms with E-state index in [1.165, 1.54) is 0 Å². The van der Waals surface area contributed by atoms with Gasteiger partial charge in [-0.2, -0.15) is 6.20 Å². The molecular formula is C35H33Cl3Cu2N8O9. The Hall–Kier alpha value is -3.66. The predicted octanol–water partition coefficient (Wildman–Crippen LogP) is -4.08. The normalized spacial score (nSPS) is 10.7. The Bertz CT molecular complexity index is 1680. The molecule has 6 aromatic rings. The minimum Gasteiger partial charge on any atom is -0.872 e. The third-order valence-electron chi connectivity index (χ3n) is 6.81. The third-order valence-corrected chi connectivity index (χ3v) is 7.03. The standard InChI is InChI=1S/C32H31ClN6O.C3H3N2.2ClHO4.2Cu/c33-27-17-25(19-38(21-28-9-1-5-13-34-28)22-29-10-2-6-14-35-29)32(40)26(18-27)20-39(23-30-11-3-7-15-36-30)24-31-12-4-8-16-37-31;1-2-4-5-3-1;2*2-1(3,4)5;;/h1-18,40H,19-24H2;1-3H;2*(H,2,3,4,5);;/q;-1;;;2*+2/p-3. The molecule has 310 valence electrons. The molecule has 2 radical (unpaired) electrons. The Labute approximate surface area is 358 Å². The minimum absolute atomic E-state index is 0. The van der Waals surface area contributed by atoms with Gasteiger partial charge in [0.05, 0.1) is 22.8 Å². The zero-order valence-corrected chi connectivity index (χ0v) is 33.5. The maximum atomic E-state index is 13.8. The zero-order chi connectivity index (χ0) is 40.1. The molecule has 6 rings (SSSR count). The van der Waals surface area contributed by atoms with Gasteiger partial charge in [-0.25, -0.2) is 37.3 Å². The molecule has 0 saturated heterocycles. The first-order valence-electron chi connectivity index (χ1n) is 15.8. The summed E-state index contributed by atoms with van der Waals surface area (Å²) in [7, 11) is -9.89. The van der Waals surface area contributed by atoms with Crippen LogP contribution < -0.4 is 47.5 Å². The van der Waals surface area contributed by atoms with Crippen molar-refractivity contribution in [2.75, 3.05) is 0 Å². The summed E-state index contributed by atoms with van der Waals surface area (Å²) in [5.74, 6) is -0.0107. The second kappa shape index (κ2) is 27.1. The van der Waals surface area contributed by atoms with Crippen molar-refractivity contribution in [3.8, 4) is 5.75 Å². The molecule has 22 heteroatoms. The van der Waals surface area contributed by atoms with Gasteiger partial charge in [0.25, 0.3) is 0 Å². The Morgan fingerprint density at radius 1 is 0.491 bits per heavy atom. The number of benzene rings is 1. The largest absolute Gasteiger partial charge is 2.00 e. The molecule has 5 aromatic heterocycles. The van der Waals surface area contributed by atoms with E-state index in [0.717, 1.165) is 22.8 Å². The number of halogens is 3. The first-order valence-corrected chi connectivity index (χ1v) is 18.6. The van der Waals surface area contributed by atoms with Crippen molar-refractivity contribution in [3.63, 3.8) is 0 Å². The van der Waals surface area contributed by atoms with Crippen LogP contribution in [-0.4, -0.2) is 34.8 Å². The van der Waals surface area contributed by atoms with Gasteiger partial charge in [0, 0.05) is 75.3 Å². The molecule has 5 heterocycles. The number of rotatable bonds is 12. The molecule has 0 N–H and O–H groups in total. The van der Waals surface area contributed by atoms with Crippen molar-refractivity contribution in [1.82, 2.24) is 39.9 Å². The summed E-state index contributed by atoms with van der Waals surface area (Å²) in [6.45, 7) is 3.13. The van der Waals surface area contributed by atoms with Crippen LogP contribution in [0.5, 0.6) is 5.75 Å². The van der Waals surface area contributed by atoms with E-state index in [1.807, 2.05) is 72.8 Å². The van der Waals surface area contributed by atoms with Crippen LogP contribution in [0.2, 0.25) is 5.02 Å². The van der Waals surface area contributed by atoms with Gasteiger partial charge in [-0.15, -0.1) is 20.5 Å². The van der Waals surface area contributed by atoms with E-state index < -0.39 is 20.5 Å². The average Bonchev–Trinajstić information content (AvgIpc) is 3.72. The van der Waals surface area contributed by atoms with Gasteiger partial charge in [0.2, 0.25) is 0 Å². The number of hydrogen-bond acceptors (Lipinski definition) is 16. The van der Waals surface area contributed by atoms with E-state index >= 15 is 0 Å². The summed E-state index contributed by atoms with van der Waals surface area (Å²) < 4.78 is 67.9. The van der Waals surface area contributed by atoms with E-state index in [0.29, 0.717) is 55.4 Å². The van der Waals surface area contributed by atoms with Crippen molar-refractivity contribution in [1.29, 1.82) is 0 Å². The Morgan fingerprint density at radius 3 is 1.02 bits per heavy atom. The molecule has 1 aromatic carbocycles. The minimum atomic E-state index is -4.94. The fourth-order valence-corrected chi connectivity index (χ4v) is 5.10. The molecule has 0 unspecified atom stereocenters. The van der Waals surface area contributed by atoms with Crippen molar-refractivity contribution >= 4 is 11.6 Å². The van der Waals surface area contributed by atoms with Gasteiger partial charge < -0.3 is 15.3 Å². The quantitative estimate of drug-likeness (QED) is 0.105. The van der Waals surface area contributed by atoms with Gasteiger partial charge in [-0.05, 0) is 71.8 Å². The predicted molar refractivity (Wildman–Crippen MR) is 171 cm³/mol. The van der Waals surface area contributed by atoms with E-state index in [1.54, 1.807) is 55.4 Å². The van der Waals surface area contributed by atoms with Crippen molar-refractivity contribution in [3.05, 3.63) is 167 Å². The molecule has 0 aliphatic heterocycles. The summed E-state index contributed by atoms with van der Waals surface area (Å²) in [4.78, 5) is 22.3. The maximum absolute atomic E-state index is 13.8. The van der Waals surface area contributed by atoms with Crippen LogP contribution >= 0.6 is 11.6 Å². The third kappa shape index (κ3) is 24.7. The Kier molecular flexibility index (Phi) is 24.4. The molecule has 0 spiro atoms. The van der Waals surface area contributed by atoms with Crippen LogP contribution in [0, 0.1) is 20.5 Å². The molecule has 0 saturated carbocycles. The van der Waals surface area contributed by atoms with Crippen LogP contribution in [0.4, 0.5) is 0 Å². The molecule has 0 fully saturated rings. The Morgan fingerprint density at radius 2 is 0.807 bits per heavy atom. The fourth-order valence-electron chi connectivity index (χ4n) is 4.84. The van der Waals surface area contributed by atoms with E-state index in [4.69, 9.17) is 48.9 Å². The number of hydrogen-bond donors (Lipinski definition) is 0. The van der Waals surface area contributed by atoms with E-state index in [-0.39, 0.29) is 39.9 Å². The molecular weight excluding hydrogens is 910 g/mol. The summed E-state index contributed by atoms with van der Waals surface area (Å²) in [5, 5.41) is 21.3. The fraction of sp³-hybridized carbons (Fsp3) is 0.171. The van der Waals surface area contributed by atoms with Crippen LogP contribution in [0.25, 0.3) is 0 Å². The molecule has 57 heavy (non-hydrogen) atoms. The summed E-state index contributed by atoms with van der Waals surface area (Å²) in [6, 6.07) is 28.7. The van der Waals surface area contributed by atoms with Gasteiger partial charge in [0.15, 0.2) is 0 Å². The molecule has 0 bridgehead atoms. The van der Waals surface area contributed by atoms with Crippen LogP contribution in [0.3, 0.4) is 0 Å². The van der Waals surface area contributed by atoms with E-state index in [9.17, 15) is 5.11 Å². The summed E-state index contributed by atoms with van der Waals surface area (Å²) >= 11 is 6.60. The maximum Gasteiger partial charge on any atom is 2.00 e. The van der Waals surface area contributed by atoms with Gasteiger partial charge in [0.1, 0.15) is 0 Å². The van der Waals surface area contributed by atoms with Crippen molar-refractivity contribution in [2.45, 2.75) is 39.3 Å². The number of pyridine rings is 4. The number of aromatic nitrogens is 6. The van der Waals surface area contributed by atoms with Gasteiger partial charge in [-0.1, -0.05) is 47.7 Å². The molecule has 0 atom stereocenters. The second-order valence-corrected chi connectivity index (χ2v) is 13.1. The Balaban J connectivity index is 0.000000809. The van der Waals surface area contributed by atoms with E-state index in [2.05, 4.69) is 39.9 Å². The summed E-state index contributed by atoms with van der Waals surface area (Å²) in [6.07, 6.45) is 10.4. The van der Waals surface area contributed by atoms with Crippen molar-refractivity contribution < 1.29 is 97.0 Å². The van der Waals surface area contributed by atoms with Crippen LogP contribution in [0.15, 0.2) is 128 Å². The first kappa shape index (κ1) is 51.4. The molecule has 0 aliphatic carbocycles. The molecule has 17 nitrogen and oxygen atoms in total. The summed E-state index contributed by atoms with van der Waals surface area (Å²) in [5.41, 5.74) is 4.97. The van der Waals surface area contributed by atoms with Gasteiger partial charge >= 0.3 is 34.1 Å². The second-order valence-electron chi connectivity index (χ2n) is 11.1. The SMILES string of the molecule is [Cu+2].[Cu+2].[O-][Cl+3]([O-])([O-])[O-].[O-][Cl+3]([O-])([O-])[O-].[O-]c1c(CN(Cc2ccccn2)Cc2ccccn2)cc(Cl)cc1CN(Cc1ccccn1)Cc1ccccn1.c1cn[n-]c1. The topological polar surface area (TPSA) is 293 Å². The first-order chi connectivity index (χ1) is 26.1. The van der Waals surface area contributed by atoms with Crippen LogP contribution in [-0.2, 0) is 73.4 Å². The van der Waals surface area contributed by atoms with Gasteiger partial charge in [-0.3, -0.25) is 29.7 Å². The van der Waals surface area contributed by atoms with Crippen LogP contribution in [0.1, 0.15) is 33.9 Å². The molecule has 0 aliphatic rings. The monoisotopic (exact) mass is 940 g/mol. The zero-order valence-electron chi connectivity index (χ0n) is 29.4. The molecule has 0 amide bonds. The van der Waals surface area contributed by atoms with Crippen molar-refractivity contribution in [2.24, 2.45) is 0 Å². The average molecular weight is 943 g/mol.